The van der Waals surface area contributed by atoms with Gasteiger partial charge in [0, 0.05) is 0 Å². The minimum Gasteiger partial charge on any atom is -0.726 e. The smallest absolute Gasteiger partial charge is 0.726 e. The first-order chi connectivity index (χ1) is 16.5. The van der Waals surface area contributed by atoms with Crippen LogP contribution in [0.3, 0.4) is 0 Å². The monoisotopic (exact) mass is 526 g/mol. The molecule has 0 aliphatic rings. The van der Waals surface area contributed by atoms with Gasteiger partial charge in [-0.1, -0.05) is 162 Å². The van der Waals surface area contributed by atoms with Crippen LogP contribution >= 0.6 is 0 Å². The summed E-state index contributed by atoms with van der Waals surface area (Å²) in [5.74, 6) is 0.200. The molecule has 0 aromatic carbocycles. The van der Waals surface area contributed by atoms with E-state index in [-0.39, 0.29) is 42.1 Å². The first-order valence-electron chi connectivity index (χ1n) is 15.1. The zero-order valence-corrected chi connectivity index (χ0v) is 26.8. The van der Waals surface area contributed by atoms with Crippen LogP contribution in [0, 0.1) is 5.92 Å². The van der Waals surface area contributed by atoms with E-state index in [1.165, 1.54) is 135 Å². The van der Waals surface area contributed by atoms with E-state index in [0.29, 0.717) is 0 Å². The van der Waals surface area contributed by atoms with Gasteiger partial charge < -0.3 is 4.55 Å². The Morgan fingerprint density at radius 1 is 0.514 bits per heavy atom. The van der Waals surface area contributed by atoms with Crippen LogP contribution in [0.2, 0.25) is 0 Å². The third-order valence-corrected chi connectivity index (χ3v) is 7.55. The van der Waals surface area contributed by atoms with Crippen molar-refractivity contribution < 1.29 is 46.7 Å². The third kappa shape index (κ3) is 32.8. The van der Waals surface area contributed by atoms with Crippen molar-refractivity contribution in [3.05, 3.63) is 0 Å². The Morgan fingerprint density at radius 2 is 0.771 bits per heavy atom. The molecule has 35 heavy (non-hydrogen) atoms. The summed E-state index contributed by atoms with van der Waals surface area (Å²) in [6.45, 7) is 4.55. The van der Waals surface area contributed by atoms with Crippen molar-refractivity contribution in [1.82, 2.24) is 0 Å². The van der Waals surface area contributed by atoms with Crippen molar-refractivity contribution in [2.24, 2.45) is 5.92 Å². The minimum absolute atomic E-state index is 0. The number of hydrogen-bond donors (Lipinski definition) is 0. The first kappa shape index (κ1) is 38.0. The van der Waals surface area contributed by atoms with Crippen LogP contribution in [0.15, 0.2) is 0 Å². The molecule has 0 aromatic heterocycles. The van der Waals surface area contributed by atoms with Crippen LogP contribution in [0.5, 0.6) is 0 Å². The molecule has 4 nitrogen and oxygen atoms in total. The van der Waals surface area contributed by atoms with E-state index in [1.807, 2.05) is 0 Å². The normalized spacial score (nSPS) is 12.5. The van der Waals surface area contributed by atoms with Crippen LogP contribution < -0.4 is 29.6 Å². The van der Waals surface area contributed by atoms with Crippen LogP contribution in [-0.4, -0.2) is 19.6 Å². The quantitative estimate of drug-likeness (QED) is 0.0482. The second-order valence-corrected chi connectivity index (χ2v) is 11.6. The van der Waals surface area contributed by atoms with E-state index in [4.69, 9.17) is 0 Å². The second kappa shape index (κ2) is 29.4. The summed E-state index contributed by atoms with van der Waals surface area (Å²) < 4.78 is 37.0. The van der Waals surface area contributed by atoms with Gasteiger partial charge in [-0.25, -0.2) is 8.42 Å². The topological polar surface area (TPSA) is 66.4 Å². The van der Waals surface area contributed by atoms with E-state index in [2.05, 4.69) is 18.0 Å². The predicted octanol–water partition coefficient (Wildman–Crippen LogP) is 6.88. The largest absolute Gasteiger partial charge is 1.00 e. The summed E-state index contributed by atoms with van der Waals surface area (Å²) in [5.41, 5.74) is 0. The Morgan fingerprint density at radius 3 is 1.03 bits per heavy atom. The molecule has 0 N–H and O–H groups in total. The number of rotatable bonds is 28. The van der Waals surface area contributed by atoms with Crippen LogP contribution in [0.25, 0.3) is 0 Å². The molecule has 0 spiro atoms. The van der Waals surface area contributed by atoms with Crippen molar-refractivity contribution in [2.45, 2.75) is 174 Å². The predicted molar refractivity (Wildman–Crippen MR) is 146 cm³/mol. The van der Waals surface area contributed by atoms with Gasteiger partial charge in [-0.2, -0.15) is 0 Å². The summed E-state index contributed by atoms with van der Waals surface area (Å²) in [6, 6.07) is 0. The van der Waals surface area contributed by atoms with Crippen molar-refractivity contribution in [2.75, 3.05) is 6.61 Å². The molecule has 0 amide bonds. The molecule has 0 aliphatic heterocycles. The Hall–Kier alpha value is 0.870. The third-order valence-electron chi connectivity index (χ3n) is 7.13. The summed E-state index contributed by atoms with van der Waals surface area (Å²) in [5, 5.41) is 0. The Kier molecular flexibility index (Phi) is 32.0. The SMILES string of the molecule is CCCCCCCCCCCCCCCCCCCCC(CCCCCCC)COS(=O)(=O)[O-].[Na+]. The maximum Gasteiger partial charge on any atom is 1.00 e. The van der Waals surface area contributed by atoms with Gasteiger partial charge in [0.15, 0.2) is 0 Å². The minimum atomic E-state index is -4.57. The first-order valence-corrected chi connectivity index (χ1v) is 16.4. The molecule has 0 radical (unpaired) electrons. The molecule has 0 bridgehead atoms. The van der Waals surface area contributed by atoms with Gasteiger partial charge in [-0.3, -0.25) is 4.18 Å². The van der Waals surface area contributed by atoms with E-state index in [0.717, 1.165) is 25.7 Å². The Balaban J connectivity index is 0. The maximum absolute atomic E-state index is 10.8. The summed E-state index contributed by atoms with van der Waals surface area (Å²) >= 11 is 0. The van der Waals surface area contributed by atoms with Gasteiger partial charge in [-0.05, 0) is 18.8 Å². The van der Waals surface area contributed by atoms with E-state index in [1.54, 1.807) is 0 Å². The summed E-state index contributed by atoms with van der Waals surface area (Å²) in [7, 11) is -4.57. The molecule has 1 atom stereocenters. The molecule has 0 saturated carbocycles. The molecule has 0 saturated heterocycles. The number of hydrogen-bond acceptors (Lipinski definition) is 4. The fraction of sp³-hybridized carbons (Fsp3) is 1.00. The zero-order valence-electron chi connectivity index (χ0n) is 24.0. The molecule has 0 rings (SSSR count). The fourth-order valence-corrected chi connectivity index (χ4v) is 5.22. The standard InChI is InChI=1S/C29H60O4S.Na/c1-3-5-7-9-10-11-12-13-14-15-16-17-18-19-20-21-23-25-27-29(28-33-34(30,31)32)26-24-22-8-6-4-2;/h29H,3-28H2,1-2H3,(H,30,31,32);/q;+1/p-1. The van der Waals surface area contributed by atoms with E-state index in [9.17, 15) is 13.0 Å². The Bertz CT molecular complexity index is 499. The van der Waals surface area contributed by atoms with Crippen LogP contribution in [-0.2, 0) is 14.6 Å². The van der Waals surface area contributed by atoms with Crippen LogP contribution in [0.1, 0.15) is 174 Å². The molecular formula is C29H59NaO4S. The van der Waals surface area contributed by atoms with Gasteiger partial charge in [-0.15, -0.1) is 0 Å². The van der Waals surface area contributed by atoms with Crippen molar-refractivity contribution >= 4 is 10.4 Å². The van der Waals surface area contributed by atoms with Crippen molar-refractivity contribution in [3.63, 3.8) is 0 Å². The molecule has 1 unspecified atom stereocenters. The molecule has 0 fully saturated rings. The molecule has 0 heterocycles. The molecule has 0 aliphatic carbocycles. The van der Waals surface area contributed by atoms with Gasteiger partial charge in [0.2, 0.25) is 10.4 Å². The average molecular weight is 527 g/mol. The summed E-state index contributed by atoms with van der Waals surface area (Å²) in [6.07, 6.45) is 32.6. The van der Waals surface area contributed by atoms with Gasteiger partial charge in [0.05, 0.1) is 6.61 Å². The van der Waals surface area contributed by atoms with Crippen LogP contribution in [0.4, 0.5) is 0 Å². The maximum atomic E-state index is 10.8. The zero-order chi connectivity index (χ0) is 25.2. The average Bonchev–Trinajstić information content (AvgIpc) is 2.80. The number of unbranched alkanes of at least 4 members (excludes halogenated alkanes) is 21. The van der Waals surface area contributed by atoms with E-state index >= 15 is 0 Å². The van der Waals surface area contributed by atoms with Gasteiger partial charge in [0.25, 0.3) is 0 Å². The summed E-state index contributed by atoms with van der Waals surface area (Å²) in [4.78, 5) is 0. The Labute approximate surface area is 242 Å². The molecular weight excluding hydrogens is 467 g/mol. The van der Waals surface area contributed by atoms with Crippen molar-refractivity contribution in [1.29, 1.82) is 0 Å². The second-order valence-electron chi connectivity index (χ2n) is 10.6. The molecule has 6 heteroatoms. The fourth-order valence-electron chi connectivity index (χ4n) is 4.86. The molecule has 0 aromatic rings. The van der Waals surface area contributed by atoms with Gasteiger partial charge in [0.1, 0.15) is 0 Å². The molecule has 206 valence electrons. The van der Waals surface area contributed by atoms with Crippen molar-refractivity contribution in [3.8, 4) is 0 Å². The van der Waals surface area contributed by atoms with Gasteiger partial charge >= 0.3 is 29.6 Å². The van der Waals surface area contributed by atoms with E-state index < -0.39 is 10.4 Å².